The van der Waals surface area contributed by atoms with Crippen molar-refractivity contribution in [2.45, 2.75) is 19.4 Å². The fourth-order valence-corrected chi connectivity index (χ4v) is 1.16. The van der Waals surface area contributed by atoms with Gasteiger partial charge in [0, 0.05) is 5.92 Å². The second kappa shape index (κ2) is 7.47. The number of aliphatic hydroxyl groups is 1. The molecular formula is C11H19NO2. The molecule has 0 aliphatic rings. The molecule has 0 fully saturated rings. The Hall–Kier alpha value is -0.930. The van der Waals surface area contributed by atoms with E-state index in [1.54, 1.807) is 13.1 Å². The van der Waals surface area contributed by atoms with Gasteiger partial charge in [0.05, 0.1) is 12.6 Å². The maximum atomic E-state index is 11.6. The van der Waals surface area contributed by atoms with Crippen molar-refractivity contribution in [2.24, 2.45) is 5.92 Å². The predicted molar refractivity (Wildman–Crippen MR) is 58.1 cm³/mol. The van der Waals surface area contributed by atoms with Crippen LogP contribution >= 0.6 is 0 Å². The molecule has 2 N–H and O–H groups in total. The summed E-state index contributed by atoms with van der Waals surface area (Å²) in [5, 5.41) is 11.7. The minimum atomic E-state index is -0.442. The summed E-state index contributed by atoms with van der Waals surface area (Å²) < 4.78 is 0. The molecule has 0 aliphatic heterocycles. The average molecular weight is 197 g/mol. The van der Waals surface area contributed by atoms with E-state index in [0.29, 0.717) is 6.42 Å². The lowest BCUT2D eigenvalue weighted by atomic mass is 9.97. The highest BCUT2D eigenvalue weighted by molar-refractivity contribution is 5.86. The van der Waals surface area contributed by atoms with E-state index in [0.717, 1.165) is 0 Å². The highest BCUT2D eigenvalue weighted by Gasteiger charge is 2.20. The minimum Gasteiger partial charge on any atom is -0.394 e. The highest BCUT2D eigenvalue weighted by Crippen LogP contribution is 2.07. The van der Waals surface area contributed by atoms with Crippen molar-refractivity contribution in [1.29, 1.82) is 0 Å². The predicted octanol–water partition coefficient (Wildman–Crippen LogP) is 0.904. The van der Waals surface area contributed by atoms with Crippen LogP contribution in [0.3, 0.4) is 0 Å². The lowest BCUT2D eigenvalue weighted by Gasteiger charge is -2.15. The van der Waals surface area contributed by atoms with Gasteiger partial charge in [-0.25, -0.2) is 0 Å². The Morgan fingerprint density at radius 1 is 1.64 bits per heavy atom. The van der Waals surface area contributed by atoms with E-state index >= 15 is 0 Å². The Bertz CT molecular complexity index is 207. The summed E-state index contributed by atoms with van der Waals surface area (Å²) in [6.45, 7) is 5.25. The second-order valence-electron chi connectivity index (χ2n) is 3.23. The summed E-state index contributed by atoms with van der Waals surface area (Å²) in [5.41, 5.74) is 0. The van der Waals surface area contributed by atoms with Crippen LogP contribution in [0, 0.1) is 5.92 Å². The monoisotopic (exact) mass is 197 g/mol. The minimum absolute atomic E-state index is 0.0451. The molecule has 14 heavy (non-hydrogen) atoms. The summed E-state index contributed by atoms with van der Waals surface area (Å²) >= 11 is 0. The first kappa shape index (κ1) is 13.1. The molecule has 0 spiro atoms. The molecule has 0 saturated carbocycles. The van der Waals surface area contributed by atoms with Gasteiger partial charge in [-0.2, -0.15) is 0 Å². The number of hydrogen-bond donors (Lipinski definition) is 2. The number of carbonyl (C=O) groups is 1. The van der Waals surface area contributed by atoms with E-state index < -0.39 is 6.04 Å². The standard InChI is InChI=1S/C11H19NO2/c1-4-5-6-7-9(2)11(14)10(8-13)12-3/h4-6,9-10,12-13H,1,7-8H2,2-3H3/t9-,10-/m1/s1. The molecular weight excluding hydrogens is 178 g/mol. The zero-order chi connectivity index (χ0) is 11.0. The second-order valence-corrected chi connectivity index (χ2v) is 3.23. The van der Waals surface area contributed by atoms with Crippen LogP contribution < -0.4 is 5.32 Å². The van der Waals surface area contributed by atoms with E-state index in [1.807, 2.05) is 19.1 Å². The van der Waals surface area contributed by atoms with Crippen LogP contribution in [0.5, 0.6) is 0 Å². The van der Waals surface area contributed by atoms with Gasteiger partial charge in [-0.1, -0.05) is 31.7 Å². The van der Waals surface area contributed by atoms with Crippen molar-refractivity contribution in [1.82, 2.24) is 5.32 Å². The average Bonchev–Trinajstić information content (AvgIpc) is 2.19. The molecule has 0 aromatic heterocycles. The summed E-state index contributed by atoms with van der Waals surface area (Å²) in [6.07, 6.45) is 6.08. The van der Waals surface area contributed by atoms with Gasteiger partial charge in [0.15, 0.2) is 5.78 Å². The molecule has 80 valence electrons. The van der Waals surface area contributed by atoms with Crippen molar-refractivity contribution >= 4 is 5.78 Å². The third-order valence-electron chi connectivity index (χ3n) is 2.12. The SMILES string of the molecule is C=CC=CC[C@@H](C)C(=O)[C@@H](CO)NC. The zero-order valence-electron chi connectivity index (χ0n) is 8.86. The van der Waals surface area contributed by atoms with Crippen molar-refractivity contribution in [2.75, 3.05) is 13.7 Å². The highest BCUT2D eigenvalue weighted by atomic mass is 16.3. The molecule has 0 aromatic carbocycles. The van der Waals surface area contributed by atoms with Gasteiger partial charge in [0.25, 0.3) is 0 Å². The summed E-state index contributed by atoms with van der Waals surface area (Å²) in [4.78, 5) is 11.6. The van der Waals surface area contributed by atoms with Crippen molar-refractivity contribution in [3.63, 3.8) is 0 Å². The Labute approximate surface area is 85.5 Å². The summed E-state index contributed by atoms with van der Waals surface area (Å²) in [5.74, 6) is -0.0282. The number of hydrogen-bond acceptors (Lipinski definition) is 3. The van der Waals surface area contributed by atoms with Crippen molar-refractivity contribution in [3.05, 3.63) is 24.8 Å². The van der Waals surface area contributed by atoms with Crippen molar-refractivity contribution < 1.29 is 9.90 Å². The third-order valence-corrected chi connectivity index (χ3v) is 2.12. The number of ketones is 1. The van der Waals surface area contributed by atoms with E-state index in [9.17, 15) is 4.79 Å². The molecule has 0 rings (SSSR count). The van der Waals surface area contributed by atoms with Crippen LogP contribution in [0.2, 0.25) is 0 Å². The van der Waals surface area contributed by atoms with Gasteiger partial charge in [-0.05, 0) is 13.5 Å². The lowest BCUT2D eigenvalue weighted by Crippen LogP contribution is -2.40. The summed E-state index contributed by atoms with van der Waals surface area (Å²) in [6, 6.07) is -0.442. The molecule has 0 aliphatic carbocycles. The maximum Gasteiger partial charge on any atom is 0.155 e. The molecule has 0 amide bonds. The van der Waals surface area contributed by atoms with Crippen LogP contribution in [0.25, 0.3) is 0 Å². The third kappa shape index (κ3) is 4.35. The molecule has 0 unspecified atom stereocenters. The van der Waals surface area contributed by atoms with Gasteiger partial charge in [0.1, 0.15) is 0 Å². The summed E-state index contributed by atoms with van der Waals surface area (Å²) in [7, 11) is 1.67. The van der Waals surface area contributed by atoms with Gasteiger partial charge in [0.2, 0.25) is 0 Å². The first-order valence-electron chi connectivity index (χ1n) is 4.76. The number of carbonyl (C=O) groups excluding carboxylic acids is 1. The molecule has 0 radical (unpaired) electrons. The number of aliphatic hydroxyl groups excluding tert-OH is 1. The fraction of sp³-hybridized carbons (Fsp3) is 0.545. The molecule has 0 heterocycles. The number of nitrogens with one attached hydrogen (secondary N) is 1. The van der Waals surface area contributed by atoms with Crippen LogP contribution in [-0.4, -0.2) is 30.6 Å². The van der Waals surface area contributed by atoms with Crippen LogP contribution in [0.4, 0.5) is 0 Å². The largest absolute Gasteiger partial charge is 0.394 e. The fourth-order valence-electron chi connectivity index (χ4n) is 1.16. The smallest absolute Gasteiger partial charge is 0.155 e. The van der Waals surface area contributed by atoms with E-state index in [1.165, 1.54) is 0 Å². The first-order valence-corrected chi connectivity index (χ1v) is 4.76. The molecule has 0 bridgehead atoms. The molecule has 0 saturated heterocycles. The zero-order valence-corrected chi connectivity index (χ0v) is 8.86. The van der Waals surface area contributed by atoms with E-state index in [4.69, 9.17) is 5.11 Å². The van der Waals surface area contributed by atoms with E-state index in [2.05, 4.69) is 11.9 Å². The van der Waals surface area contributed by atoms with Crippen LogP contribution in [0.1, 0.15) is 13.3 Å². The lowest BCUT2D eigenvalue weighted by molar-refractivity contribution is -0.125. The quantitative estimate of drug-likeness (QED) is 0.596. The van der Waals surface area contributed by atoms with Crippen LogP contribution in [-0.2, 0) is 4.79 Å². The topological polar surface area (TPSA) is 49.3 Å². The Morgan fingerprint density at radius 2 is 2.29 bits per heavy atom. The molecule has 0 aromatic rings. The Kier molecular flexibility index (Phi) is 6.98. The number of rotatable bonds is 7. The number of Topliss-reactive ketones (excluding diaryl/α,β-unsaturated/α-hetero) is 1. The maximum absolute atomic E-state index is 11.6. The van der Waals surface area contributed by atoms with Crippen LogP contribution in [0.15, 0.2) is 24.8 Å². The van der Waals surface area contributed by atoms with Gasteiger partial charge >= 0.3 is 0 Å². The molecule has 3 heteroatoms. The molecule has 3 nitrogen and oxygen atoms in total. The number of likely N-dealkylation sites (N-methyl/N-ethyl adjacent to an activating group) is 1. The molecule has 2 atom stereocenters. The van der Waals surface area contributed by atoms with Crippen molar-refractivity contribution in [3.8, 4) is 0 Å². The number of allylic oxidation sites excluding steroid dienone is 3. The Morgan fingerprint density at radius 3 is 2.71 bits per heavy atom. The normalized spacial score (nSPS) is 15.4. The Balaban J connectivity index is 4.09. The van der Waals surface area contributed by atoms with Gasteiger partial charge < -0.3 is 10.4 Å². The van der Waals surface area contributed by atoms with Gasteiger partial charge in [-0.15, -0.1) is 0 Å². The first-order chi connectivity index (χ1) is 6.67. The van der Waals surface area contributed by atoms with E-state index in [-0.39, 0.29) is 18.3 Å². The van der Waals surface area contributed by atoms with Gasteiger partial charge in [-0.3, -0.25) is 4.79 Å².